The third-order valence-corrected chi connectivity index (χ3v) is 1.99. The molecule has 10 nitrogen and oxygen atoms in total. The number of ether oxygens (including phenoxy) is 1. The lowest BCUT2D eigenvalue weighted by Gasteiger charge is -2.03. The summed E-state index contributed by atoms with van der Waals surface area (Å²) in [4.78, 5) is 21.4. The number of nitrogen functional groups attached to an aromatic ring is 1. The topological polar surface area (TPSA) is 135 Å². The monoisotopic (exact) mass is 251 g/mol. The van der Waals surface area contributed by atoms with Crippen molar-refractivity contribution in [3.8, 4) is 11.9 Å². The van der Waals surface area contributed by atoms with E-state index in [9.17, 15) is 10.1 Å². The second-order valence-corrected chi connectivity index (χ2v) is 3.38. The predicted octanol–water partition coefficient (Wildman–Crippen LogP) is 0.196. The number of nitrogens with two attached hydrogens (primary N) is 1. The quantitative estimate of drug-likeness (QED) is 0.603. The molecule has 0 spiro atoms. The van der Waals surface area contributed by atoms with Gasteiger partial charge < -0.3 is 10.5 Å². The van der Waals surface area contributed by atoms with Crippen molar-refractivity contribution in [1.82, 2.24) is 24.7 Å². The number of aromatic nitrogens is 5. The largest absolute Gasteiger partial charge is 0.397 e. The fraction of sp³-hybridized carbons (Fsp3) is 0.250. The van der Waals surface area contributed by atoms with E-state index in [4.69, 9.17) is 10.5 Å². The van der Waals surface area contributed by atoms with Gasteiger partial charge in [0, 0.05) is 7.05 Å². The van der Waals surface area contributed by atoms with Crippen LogP contribution in [0.4, 0.5) is 11.6 Å². The molecule has 2 aromatic heterocycles. The summed E-state index contributed by atoms with van der Waals surface area (Å²) < 4.78 is 6.52. The van der Waals surface area contributed by atoms with Gasteiger partial charge in [-0.2, -0.15) is 9.97 Å². The van der Waals surface area contributed by atoms with Crippen molar-refractivity contribution in [3.05, 3.63) is 22.1 Å². The molecule has 0 saturated carbocycles. The summed E-state index contributed by atoms with van der Waals surface area (Å²) in [6.45, 7) is 1.44. The Balaban J connectivity index is 2.45. The molecule has 0 aliphatic rings. The number of rotatable bonds is 3. The summed E-state index contributed by atoms with van der Waals surface area (Å²) in [7, 11) is 1.63. The van der Waals surface area contributed by atoms with E-state index in [2.05, 4.69) is 20.1 Å². The van der Waals surface area contributed by atoms with Crippen molar-refractivity contribution in [1.29, 1.82) is 0 Å². The molecule has 0 amide bonds. The molecule has 94 valence electrons. The van der Waals surface area contributed by atoms with Crippen LogP contribution in [0, 0.1) is 17.0 Å². The molecular weight excluding hydrogens is 242 g/mol. The first-order valence-electron chi connectivity index (χ1n) is 4.79. The molecule has 0 fully saturated rings. The maximum atomic E-state index is 10.9. The lowest BCUT2D eigenvalue weighted by Crippen LogP contribution is -2.05. The summed E-state index contributed by atoms with van der Waals surface area (Å²) in [5.74, 6) is -0.403. The van der Waals surface area contributed by atoms with Gasteiger partial charge in [-0.15, -0.1) is 5.10 Å². The summed E-state index contributed by atoms with van der Waals surface area (Å²) in [5, 5.41) is 14.7. The van der Waals surface area contributed by atoms with E-state index in [0.29, 0.717) is 0 Å². The Morgan fingerprint density at radius 2 is 2.22 bits per heavy atom. The molecule has 18 heavy (non-hydrogen) atoms. The smallest absolute Gasteiger partial charge is 0.352 e. The van der Waals surface area contributed by atoms with E-state index in [1.807, 2.05) is 0 Å². The van der Waals surface area contributed by atoms with E-state index < -0.39 is 4.92 Å². The molecule has 2 rings (SSSR count). The molecule has 0 bridgehead atoms. The average Bonchev–Trinajstić information content (AvgIpc) is 2.62. The van der Waals surface area contributed by atoms with Crippen molar-refractivity contribution < 1.29 is 9.66 Å². The van der Waals surface area contributed by atoms with Gasteiger partial charge in [0.2, 0.25) is 5.95 Å². The van der Waals surface area contributed by atoms with Crippen molar-refractivity contribution in [2.45, 2.75) is 6.92 Å². The Bertz CT molecular complexity index is 609. The Morgan fingerprint density at radius 1 is 1.50 bits per heavy atom. The molecule has 0 radical (unpaired) electrons. The maximum Gasteiger partial charge on any atom is 0.352 e. The van der Waals surface area contributed by atoms with Crippen LogP contribution >= 0.6 is 0 Å². The molecule has 2 aromatic rings. The van der Waals surface area contributed by atoms with Crippen LogP contribution in [-0.2, 0) is 7.05 Å². The molecule has 10 heteroatoms. The lowest BCUT2D eigenvalue weighted by atomic mass is 10.3. The first-order chi connectivity index (χ1) is 8.47. The number of nitro groups is 1. The highest BCUT2D eigenvalue weighted by Crippen LogP contribution is 2.30. The van der Waals surface area contributed by atoms with E-state index in [1.54, 1.807) is 7.05 Å². The molecule has 0 aliphatic heterocycles. The fourth-order valence-corrected chi connectivity index (χ4v) is 1.30. The normalized spacial score (nSPS) is 10.3. The molecule has 0 saturated heterocycles. The lowest BCUT2D eigenvalue weighted by molar-refractivity contribution is -0.386. The van der Waals surface area contributed by atoms with Crippen LogP contribution < -0.4 is 10.5 Å². The standard InChI is InChI=1S/C8H9N7O3/c1-4-5(15(16)17)6(12-7(9)11-4)18-8-10-3-14(2)13-8/h3H,1-2H3,(H2,9,11,12). The van der Waals surface area contributed by atoms with Crippen LogP contribution in [0.5, 0.6) is 11.9 Å². The Kier molecular flexibility index (Phi) is 2.75. The maximum absolute atomic E-state index is 10.9. The third kappa shape index (κ3) is 2.16. The fourth-order valence-electron chi connectivity index (χ4n) is 1.30. The third-order valence-electron chi connectivity index (χ3n) is 1.99. The minimum absolute atomic E-state index is 0.0573. The van der Waals surface area contributed by atoms with Gasteiger partial charge in [-0.25, -0.2) is 4.98 Å². The minimum atomic E-state index is -0.646. The second-order valence-electron chi connectivity index (χ2n) is 3.38. The molecule has 0 aromatic carbocycles. The Labute approximate surface area is 101 Å². The van der Waals surface area contributed by atoms with Gasteiger partial charge in [-0.05, 0) is 6.92 Å². The molecule has 0 unspecified atom stereocenters. The van der Waals surface area contributed by atoms with E-state index in [0.717, 1.165) is 0 Å². The Hall–Kier alpha value is -2.78. The number of aryl methyl sites for hydroxylation is 2. The SMILES string of the molecule is Cc1nc(N)nc(Oc2ncn(C)n2)c1[N+](=O)[O-]. The zero-order valence-corrected chi connectivity index (χ0v) is 9.56. The predicted molar refractivity (Wildman–Crippen MR) is 58.9 cm³/mol. The highest BCUT2D eigenvalue weighted by molar-refractivity contribution is 5.48. The minimum Gasteiger partial charge on any atom is -0.397 e. The first-order valence-corrected chi connectivity index (χ1v) is 4.79. The van der Waals surface area contributed by atoms with Crippen LogP contribution in [0.3, 0.4) is 0 Å². The summed E-state index contributed by atoms with van der Waals surface area (Å²) in [6.07, 6.45) is 1.39. The van der Waals surface area contributed by atoms with Gasteiger partial charge in [-0.3, -0.25) is 14.8 Å². The summed E-state index contributed by atoms with van der Waals surface area (Å²) >= 11 is 0. The average molecular weight is 251 g/mol. The molecule has 0 aliphatic carbocycles. The molecule has 2 heterocycles. The zero-order valence-electron chi connectivity index (χ0n) is 9.56. The van der Waals surface area contributed by atoms with Crippen molar-refractivity contribution in [2.75, 3.05) is 5.73 Å². The van der Waals surface area contributed by atoms with Gasteiger partial charge >= 0.3 is 17.6 Å². The van der Waals surface area contributed by atoms with Crippen molar-refractivity contribution in [2.24, 2.45) is 7.05 Å². The van der Waals surface area contributed by atoms with Crippen LogP contribution in [0.2, 0.25) is 0 Å². The summed E-state index contributed by atoms with van der Waals surface area (Å²) in [6, 6.07) is -0.0573. The molecular formula is C8H9N7O3. The van der Waals surface area contributed by atoms with E-state index in [1.165, 1.54) is 17.9 Å². The van der Waals surface area contributed by atoms with Crippen LogP contribution in [0.1, 0.15) is 5.69 Å². The van der Waals surface area contributed by atoms with Crippen LogP contribution in [0.15, 0.2) is 6.33 Å². The van der Waals surface area contributed by atoms with Crippen LogP contribution in [-0.4, -0.2) is 29.7 Å². The van der Waals surface area contributed by atoms with Gasteiger partial charge in [0.05, 0.1) is 4.92 Å². The number of hydrogen-bond donors (Lipinski definition) is 1. The number of anilines is 1. The van der Waals surface area contributed by atoms with Crippen LogP contribution in [0.25, 0.3) is 0 Å². The van der Waals surface area contributed by atoms with Gasteiger partial charge in [0.15, 0.2) is 0 Å². The number of hydrogen-bond acceptors (Lipinski definition) is 8. The van der Waals surface area contributed by atoms with Gasteiger partial charge in [0.25, 0.3) is 0 Å². The first kappa shape index (κ1) is 11.7. The van der Waals surface area contributed by atoms with Gasteiger partial charge in [-0.1, -0.05) is 0 Å². The highest BCUT2D eigenvalue weighted by atomic mass is 16.6. The van der Waals surface area contributed by atoms with E-state index >= 15 is 0 Å². The number of nitrogens with zero attached hydrogens (tertiary/aromatic N) is 6. The van der Waals surface area contributed by atoms with Crippen molar-refractivity contribution >= 4 is 11.6 Å². The Morgan fingerprint density at radius 3 is 2.78 bits per heavy atom. The molecule has 0 atom stereocenters. The van der Waals surface area contributed by atoms with Gasteiger partial charge in [0.1, 0.15) is 12.0 Å². The van der Waals surface area contributed by atoms with Crippen molar-refractivity contribution in [3.63, 3.8) is 0 Å². The van der Waals surface area contributed by atoms with E-state index in [-0.39, 0.29) is 29.2 Å². The molecule has 2 N–H and O–H groups in total. The summed E-state index contributed by atoms with van der Waals surface area (Å²) in [5.41, 5.74) is 5.16. The highest BCUT2D eigenvalue weighted by Gasteiger charge is 2.24. The zero-order chi connectivity index (χ0) is 13.3. The second kappa shape index (κ2) is 4.24.